The fraction of sp³-hybridized carbons (Fsp3) is 0.0690. The van der Waals surface area contributed by atoms with Gasteiger partial charge in [-0.3, -0.25) is 4.98 Å². The van der Waals surface area contributed by atoms with Gasteiger partial charge in [-0.1, -0.05) is 66.2 Å². The van der Waals surface area contributed by atoms with Crippen LogP contribution >= 0.6 is 11.6 Å². The molecule has 0 saturated carbocycles. The van der Waals surface area contributed by atoms with Crippen LogP contribution in [0.25, 0.3) is 22.0 Å². The number of pyridine rings is 1. The minimum atomic E-state index is -4.54. The van der Waals surface area contributed by atoms with E-state index in [1.54, 1.807) is 24.3 Å². The molecule has 0 aliphatic rings. The average molecular weight is 508 g/mol. The normalized spacial score (nSPS) is 11.6. The number of fused-ring (bicyclic) bond motifs is 1. The highest BCUT2D eigenvalue weighted by molar-refractivity contribution is 6.30. The molecular formula is C29H18ClF4NO. The molecule has 36 heavy (non-hydrogen) atoms. The van der Waals surface area contributed by atoms with Crippen LogP contribution in [0.1, 0.15) is 16.7 Å². The maximum atomic E-state index is 13.8. The number of ether oxygens (including phenoxy) is 1. The average Bonchev–Trinajstić information content (AvgIpc) is 2.86. The number of alkyl halides is 3. The summed E-state index contributed by atoms with van der Waals surface area (Å²) in [6.07, 6.45) is -2.56. The molecule has 0 fully saturated rings. The van der Waals surface area contributed by atoms with Gasteiger partial charge in [-0.2, -0.15) is 13.2 Å². The molecule has 5 rings (SSSR count). The summed E-state index contributed by atoms with van der Waals surface area (Å²) < 4.78 is 60.7. The number of para-hydroxylation sites is 1. The molecule has 4 aromatic carbocycles. The molecule has 1 aromatic heterocycles. The Labute approximate surface area is 209 Å². The number of nitrogens with zero attached hydrogens (tertiary/aromatic N) is 1. The van der Waals surface area contributed by atoms with Gasteiger partial charge in [0.1, 0.15) is 17.3 Å². The van der Waals surface area contributed by atoms with Crippen molar-refractivity contribution < 1.29 is 22.3 Å². The van der Waals surface area contributed by atoms with Gasteiger partial charge < -0.3 is 4.74 Å². The number of benzene rings is 4. The van der Waals surface area contributed by atoms with E-state index in [2.05, 4.69) is 4.98 Å². The van der Waals surface area contributed by atoms with Gasteiger partial charge in [0.2, 0.25) is 0 Å². The summed E-state index contributed by atoms with van der Waals surface area (Å²) in [7, 11) is 0. The fourth-order valence-electron chi connectivity index (χ4n) is 4.18. The summed E-state index contributed by atoms with van der Waals surface area (Å²) in [6.45, 7) is 0. The third-order valence-electron chi connectivity index (χ3n) is 5.77. The highest BCUT2D eigenvalue weighted by Gasteiger charge is 2.33. The van der Waals surface area contributed by atoms with Crippen molar-refractivity contribution in [2.75, 3.05) is 0 Å². The first-order valence-corrected chi connectivity index (χ1v) is 11.4. The molecule has 0 atom stereocenters. The van der Waals surface area contributed by atoms with Crippen LogP contribution in [-0.4, -0.2) is 4.98 Å². The van der Waals surface area contributed by atoms with E-state index < -0.39 is 17.6 Å². The number of halogens is 5. The van der Waals surface area contributed by atoms with Gasteiger partial charge in [-0.05, 0) is 59.0 Å². The Balaban J connectivity index is 1.66. The van der Waals surface area contributed by atoms with Crippen molar-refractivity contribution >= 4 is 22.5 Å². The van der Waals surface area contributed by atoms with Gasteiger partial charge in [-0.25, -0.2) is 4.39 Å². The third kappa shape index (κ3) is 4.90. The molecule has 1 heterocycles. The number of hydrogen-bond donors (Lipinski definition) is 0. The van der Waals surface area contributed by atoms with Crippen LogP contribution in [0.2, 0.25) is 5.02 Å². The zero-order valence-electron chi connectivity index (χ0n) is 18.7. The van der Waals surface area contributed by atoms with Gasteiger partial charge in [-0.15, -0.1) is 0 Å². The first-order chi connectivity index (χ1) is 17.3. The van der Waals surface area contributed by atoms with Crippen molar-refractivity contribution in [3.8, 4) is 22.6 Å². The monoisotopic (exact) mass is 507 g/mol. The van der Waals surface area contributed by atoms with Crippen molar-refractivity contribution in [2.24, 2.45) is 0 Å². The summed E-state index contributed by atoms with van der Waals surface area (Å²) >= 11 is 5.87. The molecule has 0 bridgehead atoms. The van der Waals surface area contributed by atoms with E-state index in [9.17, 15) is 17.6 Å². The Kier molecular flexibility index (Phi) is 6.37. The lowest BCUT2D eigenvalue weighted by molar-refractivity contribution is -0.136. The highest BCUT2D eigenvalue weighted by Crippen LogP contribution is 2.40. The van der Waals surface area contributed by atoms with E-state index in [1.807, 2.05) is 36.4 Å². The van der Waals surface area contributed by atoms with Crippen molar-refractivity contribution in [3.05, 3.63) is 125 Å². The number of hydrogen-bond acceptors (Lipinski definition) is 2. The predicted octanol–water partition coefficient (Wildman–Crippen LogP) is 9.10. The van der Waals surface area contributed by atoms with Crippen LogP contribution in [0.5, 0.6) is 11.5 Å². The SMILES string of the molecule is Fc1ccc(Oc2cccc(-c3c(Cc4ccccc4)cnc4c(C(F)(F)F)cccc34)c2)cc1Cl. The van der Waals surface area contributed by atoms with E-state index >= 15 is 0 Å². The second kappa shape index (κ2) is 9.63. The Hall–Kier alpha value is -3.90. The molecule has 7 heteroatoms. The van der Waals surface area contributed by atoms with E-state index in [-0.39, 0.29) is 10.5 Å². The Morgan fingerprint density at radius 2 is 1.56 bits per heavy atom. The topological polar surface area (TPSA) is 22.1 Å². The second-order valence-electron chi connectivity index (χ2n) is 8.23. The summed E-state index contributed by atoms with van der Waals surface area (Å²) in [5, 5.41) is 0.314. The minimum absolute atomic E-state index is 0.0754. The molecule has 0 radical (unpaired) electrons. The molecule has 0 amide bonds. The maximum Gasteiger partial charge on any atom is 0.418 e. The van der Waals surface area contributed by atoms with Gasteiger partial charge >= 0.3 is 6.18 Å². The first kappa shape index (κ1) is 23.8. The van der Waals surface area contributed by atoms with E-state index in [0.29, 0.717) is 34.4 Å². The van der Waals surface area contributed by atoms with Crippen molar-refractivity contribution in [1.82, 2.24) is 4.98 Å². The molecule has 180 valence electrons. The van der Waals surface area contributed by atoms with Gasteiger partial charge in [0, 0.05) is 17.6 Å². The van der Waals surface area contributed by atoms with E-state index in [4.69, 9.17) is 16.3 Å². The summed E-state index contributed by atoms with van der Waals surface area (Å²) in [5.41, 5.74) is 2.17. The zero-order chi connectivity index (χ0) is 25.3. The fourth-order valence-corrected chi connectivity index (χ4v) is 4.35. The summed E-state index contributed by atoms with van der Waals surface area (Å²) in [6, 6.07) is 24.7. The first-order valence-electron chi connectivity index (χ1n) is 11.0. The van der Waals surface area contributed by atoms with Crippen LogP contribution in [0, 0.1) is 5.82 Å². The Bertz CT molecular complexity index is 1550. The summed E-state index contributed by atoms with van der Waals surface area (Å²) in [5.74, 6) is 0.201. The van der Waals surface area contributed by atoms with Crippen LogP contribution in [-0.2, 0) is 12.6 Å². The molecule has 2 nitrogen and oxygen atoms in total. The lowest BCUT2D eigenvalue weighted by Crippen LogP contribution is -2.07. The van der Waals surface area contributed by atoms with Crippen molar-refractivity contribution in [1.29, 1.82) is 0 Å². The van der Waals surface area contributed by atoms with Gasteiger partial charge in [0.15, 0.2) is 0 Å². The molecule has 0 spiro atoms. The number of rotatable bonds is 5. The molecule has 0 aliphatic heterocycles. The smallest absolute Gasteiger partial charge is 0.418 e. The standard InChI is InChI=1S/C29H18ClF4NO/c30-25-16-22(12-13-26(25)31)36-21-9-4-8-19(15-21)27-20(14-18-6-2-1-3-7-18)17-35-28-23(27)10-5-11-24(28)29(32,33)34/h1-13,15-17H,14H2. The highest BCUT2D eigenvalue weighted by atomic mass is 35.5. The van der Waals surface area contributed by atoms with Crippen LogP contribution in [0.3, 0.4) is 0 Å². The maximum absolute atomic E-state index is 13.8. The number of aromatic nitrogens is 1. The quantitative estimate of drug-likeness (QED) is 0.221. The zero-order valence-corrected chi connectivity index (χ0v) is 19.4. The van der Waals surface area contributed by atoms with Crippen LogP contribution < -0.4 is 4.74 Å². The molecule has 0 saturated heterocycles. The molecular weight excluding hydrogens is 490 g/mol. The van der Waals surface area contributed by atoms with Crippen molar-refractivity contribution in [2.45, 2.75) is 12.6 Å². The van der Waals surface area contributed by atoms with E-state index in [1.165, 1.54) is 30.5 Å². The summed E-state index contributed by atoms with van der Waals surface area (Å²) in [4.78, 5) is 4.24. The molecule has 0 aliphatic carbocycles. The van der Waals surface area contributed by atoms with Crippen molar-refractivity contribution in [3.63, 3.8) is 0 Å². The molecule has 0 unspecified atom stereocenters. The largest absolute Gasteiger partial charge is 0.457 e. The lowest BCUT2D eigenvalue weighted by atomic mass is 9.92. The Morgan fingerprint density at radius 1 is 0.806 bits per heavy atom. The third-order valence-corrected chi connectivity index (χ3v) is 6.06. The predicted molar refractivity (Wildman–Crippen MR) is 133 cm³/mol. The van der Waals surface area contributed by atoms with E-state index in [0.717, 1.165) is 17.2 Å². The second-order valence-corrected chi connectivity index (χ2v) is 8.63. The van der Waals surface area contributed by atoms with Crippen LogP contribution in [0.4, 0.5) is 17.6 Å². The van der Waals surface area contributed by atoms with Gasteiger partial charge in [0.25, 0.3) is 0 Å². The Morgan fingerprint density at radius 3 is 2.31 bits per heavy atom. The van der Waals surface area contributed by atoms with Gasteiger partial charge in [0.05, 0.1) is 16.1 Å². The minimum Gasteiger partial charge on any atom is -0.457 e. The molecule has 5 aromatic rings. The lowest BCUT2D eigenvalue weighted by Gasteiger charge is -2.17. The molecule has 0 N–H and O–H groups in total. The van der Waals surface area contributed by atoms with Crippen LogP contribution in [0.15, 0.2) is 97.2 Å².